The molecule has 0 fully saturated rings. The van der Waals surface area contributed by atoms with Crippen LogP contribution < -0.4 is 4.74 Å². The fourth-order valence-electron chi connectivity index (χ4n) is 1.40. The van der Waals surface area contributed by atoms with E-state index >= 15 is 0 Å². The Balaban J connectivity index is 2.36. The van der Waals surface area contributed by atoms with Gasteiger partial charge in [0.2, 0.25) is 0 Å². The first-order chi connectivity index (χ1) is 7.77. The van der Waals surface area contributed by atoms with Crippen LogP contribution in [0.5, 0.6) is 11.5 Å². The van der Waals surface area contributed by atoms with Crippen molar-refractivity contribution in [1.29, 1.82) is 0 Å². The molecule has 0 aliphatic heterocycles. The van der Waals surface area contributed by atoms with Crippen LogP contribution in [0.4, 0.5) is 0 Å². The minimum Gasteiger partial charge on any atom is -0.504 e. The molecule has 0 saturated heterocycles. The van der Waals surface area contributed by atoms with E-state index in [1.807, 2.05) is 12.1 Å². The number of hydrogen-bond acceptors (Lipinski definition) is 4. The Morgan fingerprint density at radius 3 is 2.75 bits per heavy atom. The van der Waals surface area contributed by atoms with Gasteiger partial charge in [0.1, 0.15) is 6.79 Å². The van der Waals surface area contributed by atoms with Crippen LogP contribution in [0.3, 0.4) is 0 Å². The smallest absolute Gasteiger partial charge is 0.160 e. The molecule has 90 valence electrons. The van der Waals surface area contributed by atoms with E-state index in [4.69, 9.17) is 14.2 Å². The second-order valence-corrected chi connectivity index (χ2v) is 3.42. The maximum atomic E-state index is 9.41. The third kappa shape index (κ3) is 4.08. The van der Waals surface area contributed by atoms with Crippen LogP contribution in [-0.4, -0.2) is 32.7 Å². The first-order valence-electron chi connectivity index (χ1n) is 5.20. The lowest BCUT2D eigenvalue weighted by Crippen LogP contribution is -2.00. The number of ether oxygens (including phenoxy) is 3. The van der Waals surface area contributed by atoms with Gasteiger partial charge in [-0.1, -0.05) is 6.07 Å². The van der Waals surface area contributed by atoms with Crippen LogP contribution in [-0.2, 0) is 15.9 Å². The zero-order chi connectivity index (χ0) is 11.8. The Bertz CT molecular complexity index is 312. The predicted molar refractivity (Wildman–Crippen MR) is 60.8 cm³/mol. The van der Waals surface area contributed by atoms with E-state index in [2.05, 4.69) is 0 Å². The minimum atomic E-state index is 0.168. The summed E-state index contributed by atoms with van der Waals surface area (Å²) in [5.74, 6) is 0.678. The SMILES string of the molecule is COCOCCCc1ccc(O)c(OC)c1. The fourth-order valence-corrected chi connectivity index (χ4v) is 1.40. The third-order valence-electron chi connectivity index (χ3n) is 2.20. The molecular formula is C12H18O4. The summed E-state index contributed by atoms with van der Waals surface area (Å²) in [5, 5.41) is 9.41. The van der Waals surface area contributed by atoms with Gasteiger partial charge in [-0.25, -0.2) is 0 Å². The van der Waals surface area contributed by atoms with Crippen molar-refractivity contribution in [2.45, 2.75) is 12.8 Å². The molecule has 0 aliphatic carbocycles. The molecule has 1 N–H and O–H groups in total. The minimum absolute atomic E-state index is 0.168. The first kappa shape index (κ1) is 12.8. The summed E-state index contributed by atoms with van der Waals surface area (Å²) in [7, 11) is 3.14. The van der Waals surface area contributed by atoms with Crippen LogP contribution in [0.25, 0.3) is 0 Å². The topological polar surface area (TPSA) is 47.9 Å². The largest absolute Gasteiger partial charge is 0.504 e. The van der Waals surface area contributed by atoms with Gasteiger partial charge >= 0.3 is 0 Å². The number of benzene rings is 1. The quantitative estimate of drug-likeness (QED) is 0.570. The number of rotatable bonds is 7. The van der Waals surface area contributed by atoms with Gasteiger partial charge in [-0.2, -0.15) is 0 Å². The molecule has 0 bridgehead atoms. The zero-order valence-corrected chi connectivity index (χ0v) is 9.73. The average Bonchev–Trinajstić information content (AvgIpc) is 2.31. The molecule has 4 heteroatoms. The molecule has 16 heavy (non-hydrogen) atoms. The number of aryl methyl sites for hydroxylation is 1. The molecule has 0 amide bonds. The van der Waals surface area contributed by atoms with Gasteiger partial charge in [-0.3, -0.25) is 0 Å². The Morgan fingerprint density at radius 2 is 2.06 bits per heavy atom. The maximum Gasteiger partial charge on any atom is 0.160 e. The third-order valence-corrected chi connectivity index (χ3v) is 2.20. The molecule has 0 unspecified atom stereocenters. The van der Waals surface area contributed by atoms with Crippen LogP contribution in [0.2, 0.25) is 0 Å². The molecule has 4 nitrogen and oxygen atoms in total. The molecule has 0 atom stereocenters. The standard InChI is InChI=1S/C12H18O4/c1-14-9-16-7-3-4-10-5-6-11(13)12(8-10)15-2/h5-6,8,13H,3-4,7,9H2,1-2H3. The Morgan fingerprint density at radius 1 is 1.25 bits per heavy atom. The second kappa shape index (κ2) is 7.09. The molecule has 0 aliphatic rings. The number of methoxy groups -OCH3 is 2. The van der Waals surface area contributed by atoms with Crippen LogP contribution in [0.1, 0.15) is 12.0 Å². The summed E-state index contributed by atoms with van der Waals surface area (Å²) in [6.45, 7) is 0.996. The van der Waals surface area contributed by atoms with Crippen LogP contribution in [0, 0.1) is 0 Å². The summed E-state index contributed by atoms with van der Waals surface area (Å²) < 4.78 is 15.0. The lowest BCUT2D eigenvalue weighted by atomic mass is 10.1. The highest BCUT2D eigenvalue weighted by Gasteiger charge is 2.02. The molecule has 1 aromatic rings. The number of phenols is 1. The van der Waals surface area contributed by atoms with Gasteiger partial charge in [0, 0.05) is 13.7 Å². The second-order valence-electron chi connectivity index (χ2n) is 3.42. The molecule has 0 saturated carbocycles. The van der Waals surface area contributed by atoms with Crippen molar-refractivity contribution < 1.29 is 19.3 Å². The first-order valence-corrected chi connectivity index (χ1v) is 5.20. The van der Waals surface area contributed by atoms with E-state index in [0.29, 0.717) is 19.1 Å². The fraction of sp³-hybridized carbons (Fsp3) is 0.500. The van der Waals surface area contributed by atoms with E-state index in [9.17, 15) is 5.11 Å². The summed E-state index contributed by atoms with van der Waals surface area (Å²) in [6, 6.07) is 5.37. The number of hydrogen-bond donors (Lipinski definition) is 1. The van der Waals surface area contributed by atoms with Gasteiger partial charge in [-0.15, -0.1) is 0 Å². The van der Waals surface area contributed by atoms with Crippen LogP contribution >= 0.6 is 0 Å². The average molecular weight is 226 g/mol. The van der Waals surface area contributed by atoms with Crippen molar-refractivity contribution in [2.75, 3.05) is 27.6 Å². The Kier molecular flexibility index (Phi) is 5.67. The van der Waals surface area contributed by atoms with Gasteiger partial charge in [0.15, 0.2) is 11.5 Å². The van der Waals surface area contributed by atoms with Crippen molar-refractivity contribution in [3.05, 3.63) is 23.8 Å². The van der Waals surface area contributed by atoms with Crippen molar-refractivity contribution in [3.8, 4) is 11.5 Å². The Labute approximate surface area is 95.8 Å². The maximum absolute atomic E-state index is 9.41. The summed E-state index contributed by atoms with van der Waals surface area (Å²) in [5.41, 5.74) is 1.12. The van der Waals surface area contributed by atoms with E-state index in [1.165, 1.54) is 0 Å². The molecule has 0 heterocycles. The lowest BCUT2D eigenvalue weighted by molar-refractivity contribution is -0.0310. The molecule has 1 aromatic carbocycles. The van der Waals surface area contributed by atoms with Gasteiger partial charge in [0.05, 0.1) is 7.11 Å². The summed E-state index contributed by atoms with van der Waals surface area (Å²) in [6.07, 6.45) is 1.80. The monoisotopic (exact) mass is 226 g/mol. The highest BCUT2D eigenvalue weighted by Crippen LogP contribution is 2.26. The molecule has 0 spiro atoms. The van der Waals surface area contributed by atoms with Crippen molar-refractivity contribution >= 4 is 0 Å². The summed E-state index contributed by atoms with van der Waals surface area (Å²) >= 11 is 0. The lowest BCUT2D eigenvalue weighted by Gasteiger charge is -2.07. The van der Waals surface area contributed by atoms with E-state index in [-0.39, 0.29) is 5.75 Å². The normalized spacial score (nSPS) is 10.4. The number of phenolic OH excluding ortho intramolecular Hbond substituents is 1. The van der Waals surface area contributed by atoms with Gasteiger partial charge < -0.3 is 19.3 Å². The highest BCUT2D eigenvalue weighted by molar-refractivity contribution is 5.41. The van der Waals surface area contributed by atoms with Crippen molar-refractivity contribution in [3.63, 3.8) is 0 Å². The molecule has 1 rings (SSSR count). The van der Waals surface area contributed by atoms with E-state index < -0.39 is 0 Å². The highest BCUT2D eigenvalue weighted by atomic mass is 16.7. The van der Waals surface area contributed by atoms with E-state index in [0.717, 1.165) is 18.4 Å². The van der Waals surface area contributed by atoms with E-state index in [1.54, 1.807) is 20.3 Å². The van der Waals surface area contributed by atoms with Crippen molar-refractivity contribution in [1.82, 2.24) is 0 Å². The summed E-state index contributed by atoms with van der Waals surface area (Å²) in [4.78, 5) is 0. The van der Waals surface area contributed by atoms with Gasteiger partial charge in [0.25, 0.3) is 0 Å². The molecular weight excluding hydrogens is 208 g/mol. The van der Waals surface area contributed by atoms with Crippen molar-refractivity contribution in [2.24, 2.45) is 0 Å². The van der Waals surface area contributed by atoms with Crippen LogP contribution in [0.15, 0.2) is 18.2 Å². The molecule has 0 radical (unpaired) electrons. The van der Waals surface area contributed by atoms with Gasteiger partial charge in [-0.05, 0) is 30.5 Å². The molecule has 0 aromatic heterocycles. The zero-order valence-electron chi connectivity index (χ0n) is 9.73. The number of aromatic hydroxyl groups is 1. The Hall–Kier alpha value is -1.26. The predicted octanol–water partition coefficient (Wildman–Crippen LogP) is 1.95.